The molecular weight excluding hydrogens is 482 g/mol. The van der Waals surface area contributed by atoms with Gasteiger partial charge >= 0.3 is 0 Å². The number of carbonyl (C=O) groups is 1. The lowest BCUT2D eigenvalue weighted by Crippen LogP contribution is -2.57. The Morgan fingerprint density at radius 1 is 1.20 bits per heavy atom. The van der Waals surface area contributed by atoms with Gasteiger partial charge in [0.25, 0.3) is 15.9 Å². The smallest absolute Gasteiger partial charge is 0.291 e. The highest BCUT2D eigenvalue weighted by molar-refractivity contribution is 7.93. The highest BCUT2D eigenvalue weighted by Crippen LogP contribution is 2.27. The van der Waals surface area contributed by atoms with Crippen molar-refractivity contribution in [2.24, 2.45) is 0 Å². The Morgan fingerprint density at radius 2 is 1.97 bits per heavy atom. The lowest BCUT2D eigenvalue weighted by Gasteiger charge is -2.41. The van der Waals surface area contributed by atoms with Crippen molar-refractivity contribution in [1.29, 1.82) is 0 Å². The molecule has 2 aliphatic heterocycles. The maximum absolute atomic E-state index is 13.4. The van der Waals surface area contributed by atoms with Crippen molar-refractivity contribution >= 4 is 50.0 Å². The van der Waals surface area contributed by atoms with Crippen LogP contribution in [0.2, 0.25) is 0 Å². The van der Waals surface area contributed by atoms with Gasteiger partial charge in [0.05, 0.1) is 11.3 Å². The summed E-state index contributed by atoms with van der Waals surface area (Å²) in [7, 11) is -3.68. The minimum Gasteiger partial charge on any atom is -0.368 e. The molecule has 0 aliphatic carbocycles. The van der Waals surface area contributed by atoms with Crippen LogP contribution in [0.25, 0.3) is 0 Å². The van der Waals surface area contributed by atoms with E-state index in [1.807, 2.05) is 36.1 Å². The van der Waals surface area contributed by atoms with Gasteiger partial charge in [-0.25, -0.2) is 13.4 Å². The molecule has 1 fully saturated rings. The first-order valence-electron chi connectivity index (χ1n) is 11.6. The molecule has 1 saturated heterocycles. The molecule has 1 amide bonds. The number of aromatic nitrogens is 1. The van der Waals surface area contributed by atoms with Gasteiger partial charge in [-0.3, -0.25) is 9.52 Å². The predicted molar refractivity (Wildman–Crippen MR) is 140 cm³/mol. The average molecular weight is 513 g/mol. The van der Waals surface area contributed by atoms with Crippen LogP contribution in [0.15, 0.2) is 65.0 Å². The van der Waals surface area contributed by atoms with Crippen LogP contribution >= 0.6 is 11.3 Å². The molecule has 2 aliphatic rings. The van der Waals surface area contributed by atoms with Crippen molar-refractivity contribution in [3.63, 3.8) is 0 Å². The normalized spacial score (nSPS) is 18.7. The number of hydrogen-bond donors (Lipinski definition) is 1. The van der Waals surface area contributed by atoms with Crippen LogP contribution in [0.4, 0.5) is 16.5 Å². The Hall–Kier alpha value is -3.24. The summed E-state index contributed by atoms with van der Waals surface area (Å²) >= 11 is 1.23. The second kappa shape index (κ2) is 9.43. The number of thiazole rings is 1. The molecule has 0 saturated carbocycles. The van der Waals surface area contributed by atoms with Crippen molar-refractivity contribution in [1.82, 2.24) is 9.88 Å². The number of sulfonamides is 1. The number of carbonyl (C=O) groups excluding carboxylic acids is 1. The molecule has 1 unspecified atom stereocenters. The van der Waals surface area contributed by atoms with Crippen molar-refractivity contribution in [3.8, 4) is 0 Å². The maximum Gasteiger partial charge on any atom is 0.291 e. The zero-order chi connectivity index (χ0) is 24.6. The van der Waals surface area contributed by atoms with E-state index in [2.05, 4.69) is 44.5 Å². The Bertz CT molecular complexity index is 1360. The fraction of sp³-hybridized carbons (Fsp3) is 0.320. The average Bonchev–Trinajstić information content (AvgIpc) is 3.53. The summed E-state index contributed by atoms with van der Waals surface area (Å²) < 4.78 is 29.8. The van der Waals surface area contributed by atoms with Crippen molar-refractivity contribution in [2.45, 2.75) is 37.2 Å². The number of fused-ring (bicyclic) bond motifs is 1. The molecule has 0 spiro atoms. The van der Waals surface area contributed by atoms with Crippen LogP contribution in [0.3, 0.4) is 0 Å². The van der Waals surface area contributed by atoms with Gasteiger partial charge in [0.2, 0.25) is 11.7 Å². The number of hydrogen-bond acceptors (Lipinski definition) is 6. The Balaban J connectivity index is 0.00000304. The molecule has 2 atom stereocenters. The van der Waals surface area contributed by atoms with E-state index in [1.165, 1.54) is 16.9 Å². The first-order chi connectivity index (χ1) is 16.8. The monoisotopic (exact) mass is 512 g/mol. The zero-order valence-electron chi connectivity index (χ0n) is 19.7. The van der Waals surface area contributed by atoms with E-state index in [0.29, 0.717) is 24.8 Å². The van der Waals surface area contributed by atoms with Crippen LogP contribution < -0.4 is 9.62 Å². The quantitative estimate of drug-likeness (QED) is 0.510. The predicted octanol–water partition coefficient (Wildman–Crippen LogP) is 3.59. The lowest BCUT2D eigenvalue weighted by atomic mass is 10.1. The topological polar surface area (TPSA) is 85.6 Å². The fourth-order valence-electron chi connectivity index (χ4n) is 4.76. The highest BCUT2D eigenvalue weighted by Gasteiger charge is 2.37. The molecule has 8 nitrogen and oxygen atoms in total. The van der Waals surface area contributed by atoms with Crippen molar-refractivity contribution in [2.75, 3.05) is 29.3 Å². The molecule has 184 valence electrons. The van der Waals surface area contributed by atoms with Gasteiger partial charge in [-0.2, -0.15) is 4.58 Å². The van der Waals surface area contributed by atoms with E-state index in [0.717, 1.165) is 17.8 Å². The van der Waals surface area contributed by atoms with Gasteiger partial charge in [0.1, 0.15) is 0 Å². The van der Waals surface area contributed by atoms with E-state index in [1.54, 1.807) is 23.7 Å². The van der Waals surface area contributed by atoms with Gasteiger partial charge in [-0.1, -0.05) is 18.2 Å². The number of benzene rings is 2. The number of rotatable bonds is 6. The maximum atomic E-state index is 13.4. The van der Waals surface area contributed by atoms with Crippen LogP contribution in [0.5, 0.6) is 0 Å². The second-order valence-electron chi connectivity index (χ2n) is 8.86. The van der Waals surface area contributed by atoms with E-state index in [9.17, 15) is 13.2 Å². The third kappa shape index (κ3) is 4.68. The third-order valence-electron chi connectivity index (χ3n) is 6.63. The Morgan fingerprint density at radius 3 is 2.69 bits per heavy atom. The first-order valence-corrected chi connectivity index (χ1v) is 14.0. The molecule has 0 radical (unpaired) electrons. The summed E-state index contributed by atoms with van der Waals surface area (Å²) in [6, 6.07) is 14.8. The SMILES string of the molecule is CC1CN(c2ccc(S(=O)(=O)Nc3nccs3)cc2)CCN1C(=O)[C@@H](C)[N+]1=CCc2ccccc21.[HH]. The molecular formula is C25H30N5O3S2+. The molecule has 2 aromatic carbocycles. The second-order valence-corrected chi connectivity index (χ2v) is 11.4. The molecule has 5 rings (SSSR count). The minimum absolute atomic E-state index is 0. The summed E-state index contributed by atoms with van der Waals surface area (Å²) in [5, 5.41) is 2.06. The fourth-order valence-corrected chi connectivity index (χ4v) is 6.55. The van der Waals surface area contributed by atoms with Crippen molar-refractivity contribution in [3.05, 3.63) is 65.7 Å². The molecule has 3 aromatic rings. The largest absolute Gasteiger partial charge is 0.368 e. The van der Waals surface area contributed by atoms with Crippen LogP contribution in [-0.4, -0.2) is 66.7 Å². The number of anilines is 2. The van der Waals surface area contributed by atoms with Crippen molar-refractivity contribution < 1.29 is 19.2 Å². The third-order valence-corrected chi connectivity index (χ3v) is 8.80. The zero-order valence-corrected chi connectivity index (χ0v) is 21.3. The van der Waals surface area contributed by atoms with Crippen LogP contribution in [0.1, 0.15) is 20.8 Å². The summed E-state index contributed by atoms with van der Waals surface area (Å²) in [6.45, 7) is 6.02. The van der Waals surface area contributed by atoms with E-state index in [4.69, 9.17) is 0 Å². The highest BCUT2D eigenvalue weighted by atomic mass is 32.2. The van der Waals surface area contributed by atoms with Gasteiger partial charge < -0.3 is 9.80 Å². The Labute approximate surface area is 211 Å². The standard InChI is InChI=1S/C25H28N5O3S2.H2/c1-18-17-28(21-7-9-22(10-8-21)35(32,33)27-25-26-12-16-34-25)14-15-29(18)24(31)19(2)30-13-11-20-5-3-4-6-23(20)30;/h3-10,12-13,16,18-19H,11,14-15,17H2,1-2H3,(H,26,27);1H/q+1;/t18?,19-;/m1./s1. The molecule has 1 N–H and O–H groups in total. The minimum atomic E-state index is -3.68. The van der Waals surface area contributed by atoms with Gasteiger partial charge in [-0.15, -0.1) is 11.3 Å². The number of amides is 1. The molecule has 3 heterocycles. The number of nitrogens with zero attached hydrogens (tertiary/aromatic N) is 4. The summed E-state index contributed by atoms with van der Waals surface area (Å²) in [5.74, 6) is 0.125. The van der Waals surface area contributed by atoms with E-state index >= 15 is 0 Å². The summed E-state index contributed by atoms with van der Waals surface area (Å²) in [4.78, 5) is 21.7. The summed E-state index contributed by atoms with van der Waals surface area (Å²) in [6.07, 6.45) is 4.51. The molecule has 35 heavy (non-hydrogen) atoms. The first kappa shape index (κ1) is 23.5. The van der Waals surface area contributed by atoms with Gasteiger partial charge in [0.15, 0.2) is 11.3 Å². The number of nitrogens with one attached hydrogen (secondary N) is 1. The van der Waals surface area contributed by atoms with Crippen LogP contribution in [-0.2, 0) is 21.2 Å². The number of piperazine rings is 1. The lowest BCUT2D eigenvalue weighted by molar-refractivity contribution is -0.460. The molecule has 10 heteroatoms. The number of para-hydroxylation sites is 1. The molecule has 0 bridgehead atoms. The summed E-state index contributed by atoms with van der Waals surface area (Å²) in [5.41, 5.74) is 3.29. The van der Waals surface area contributed by atoms with Gasteiger partial charge in [-0.05, 0) is 31.2 Å². The van der Waals surface area contributed by atoms with E-state index < -0.39 is 10.0 Å². The Kier molecular flexibility index (Phi) is 6.33. The van der Waals surface area contributed by atoms with Crippen LogP contribution in [0, 0.1) is 0 Å². The molecule has 1 aromatic heterocycles. The van der Waals surface area contributed by atoms with E-state index in [-0.39, 0.29) is 24.3 Å². The van der Waals surface area contributed by atoms with Gasteiger partial charge in [0, 0.05) is 62.9 Å².